The van der Waals surface area contributed by atoms with Crippen LogP contribution in [0.1, 0.15) is 17.5 Å². The van der Waals surface area contributed by atoms with Crippen LogP contribution in [0.2, 0.25) is 0 Å². The highest BCUT2D eigenvalue weighted by molar-refractivity contribution is 5.78. The maximum absolute atomic E-state index is 11.5. The van der Waals surface area contributed by atoms with Crippen LogP contribution in [-0.4, -0.2) is 25.0 Å². The summed E-state index contributed by atoms with van der Waals surface area (Å²) in [5, 5.41) is 14.3. The SMILES string of the molecule is N#CCCNC(=O)CNC1Cc2ccccc2C1. The Balaban J connectivity index is 1.71. The van der Waals surface area contributed by atoms with Crippen molar-refractivity contribution in [2.45, 2.75) is 25.3 Å². The minimum Gasteiger partial charge on any atom is -0.354 e. The lowest BCUT2D eigenvalue weighted by molar-refractivity contribution is -0.120. The van der Waals surface area contributed by atoms with Crippen molar-refractivity contribution in [3.8, 4) is 6.07 Å². The third kappa shape index (κ3) is 3.31. The number of rotatable bonds is 5. The molecule has 0 heterocycles. The Morgan fingerprint density at radius 1 is 1.33 bits per heavy atom. The van der Waals surface area contributed by atoms with Gasteiger partial charge in [-0.05, 0) is 24.0 Å². The van der Waals surface area contributed by atoms with Crippen molar-refractivity contribution in [1.82, 2.24) is 10.6 Å². The van der Waals surface area contributed by atoms with Gasteiger partial charge in [0.2, 0.25) is 5.91 Å². The standard InChI is InChI=1S/C14H17N3O/c15-6-3-7-16-14(18)10-17-13-8-11-4-1-2-5-12(11)9-13/h1-2,4-5,13,17H,3,7-10H2,(H,16,18). The Labute approximate surface area is 107 Å². The van der Waals surface area contributed by atoms with Crippen LogP contribution in [0.25, 0.3) is 0 Å². The van der Waals surface area contributed by atoms with Gasteiger partial charge in [0.05, 0.1) is 19.0 Å². The second kappa shape index (κ2) is 6.18. The van der Waals surface area contributed by atoms with E-state index in [2.05, 4.69) is 34.9 Å². The first-order chi connectivity index (χ1) is 8.79. The predicted molar refractivity (Wildman–Crippen MR) is 68.9 cm³/mol. The Hall–Kier alpha value is -1.86. The molecule has 0 unspecified atom stereocenters. The molecule has 2 N–H and O–H groups in total. The average Bonchev–Trinajstić information content (AvgIpc) is 2.79. The second-order valence-corrected chi connectivity index (χ2v) is 4.51. The first-order valence-electron chi connectivity index (χ1n) is 6.23. The summed E-state index contributed by atoms with van der Waals surface area (Å²) in [6, 6.07) is 10.7. The van der Waals surface area contributed by atoms with Gasteiger partial charge in [-0.25, -0.2) is 0 Å². The number of nitrogens with zero attached hydrogens (tertiary/aromatic N) is 1. The highest BCUT2D eigenvalue weighted by Crippen LogP contribution is 2.21. The summed E-state index contributed by atoms with van der Waals surface area (Å²) >= 11 is 0. The van der Waals surface area contributed by atoms with Crippen molar-refractivity contribution in [2.24, 2.45) is 0 Å². The molecule has 94 valence electrons. The molecule has 4 nitrogen and oxygen atoms in total. The third-order valence-corrected chi connectivity index (χ3v) is 3.16. The molecule has 18 heavy (non-hydrogen) atoms. The summed E-state index contributed by atoms with van der Waals surface area (Å²) < 4.78 is 0. The van der Waals surface area contributed by atoms with E-state index < -0.39 is 0 Å². The number of fused-ring (bicyclic) bond motifs is 1. The third-order valence-electron chi connectivity index (χ3n) is 3.16. The molecule has 0 saturated carbocycles. The van der Waals surface area contributed by atoms with Gasteiger partial charge in [-0.3, -0.25) is 4.79 Å². The number of carbonyl (C=O) groups excluding carboxylic acids is 1. The topological polar surface area (TPSA) is 64.9 Å². The van der Waals surface area contributed by atoms with E-state index in [9.17, 15) is 4.79 Å². The van der Waals surface area contributed by atoms with Crippen molar-refractivity contribution < 1.29 is 4.79 Å². The fourth-order valence-electron chi connectivity index (χ4n) is 2.26. The molecule has 2 rings (SSSR count). The van der Waals surface area contributed by atoms with Gasteiger partial charge in [0.1, 0.15) is 0 Å². The van der Waals surface area contributed by atoms with Gasteiger partial charge in [0, 0.05) is 12.6 Å². The normalized spacial score (nSPS) is 13.9. The van der Waals surface area contributed by atoms with Crippen LogP contribution < -0.4 is 10.6 Å². The van der Waals surface area contributed by atoms with Gasteiger partial charge >= 0.3 is 0 Å². The van der Waals surface area contributed by atoms with Gasteiger partial charge in [-0.1, -0.05) is 24.3 Å². The van der Waals surface area contributed by atoms with Gasteiger partial charge in [-0.15, -0.1) is 0 Å². The Bertz CT molecular complexity index is 439. The van der Waals surface area contributed by atoms with Crippen molar-refractivity contribution >= 4 is 5.91 Å². The Kier molecular flexibility index (Phi) is 4.32. The van der Waals surface area contributed by atoms with Crippen LogP contribution in [0.3, 0.4) is 0 Å². The molecule has 0 spiro atoms. The number of benzene rings is 1. The van der Waals surface area contributed by atoms with Gasteiger partial charge in [-0.2, -0.15) is 5.26 Å². The van der Waals surface area contributed by atoms with Crippen LogP contribution in [-0.2, 0) is 17.6 Å². The molecule has 1 aliphatic rings. The molecule has 1 aliphatic carbocycles. The highest BCUT2D eigenvalue weighted by atomic mass is 16.1. The minimum absolute atomic E-state index is 0.0405. The molecule has 4 heteroatoms. The number of nitrogens with one attached hydrogen (secondary N) is 2. The van der Waals surface area contributed by atoms with E-state index in [-0.39, 0.29) is 5.91 Å². The van der Waals surface area contributed by atoms with Gasteiger partial charge in [0.15, 0.2) is 0 Å². The van der Waals surface area contributed by atoms with Gasteiger partial charge in [0.25, 0.3) is 0 Å². The smallest absolute Gasteiger partial charge is 0.233 e. The van der Waals surface area contributed by atoms with Crippen molar-refractivity contribution in [1.29, 1.82) is 5.26 Å². The number of hydrogen-bond donors (Lipinski definition) is 2. The van der Waals surface area contributed by atoms with Crippen molar-refractivity contribution in [2.75, 3.05) is 13.1 Å². The van der Waals surface area contributed by atoms with E-state index in [1.54, 1.807) is 0 Å². The molecule has 1 aromatic carbocycles. The summed E-state index contributed by atoms with van der Waals surface area (Å²) in [4.78, 5) is 11.5. The maximum atomic E-state index is 11.5. The lowest BCUT2D eigenvalue weighted by atomic mass is 10.1. The van der Waals surface area contributed by atoms with E-state index in [0.29, 0.717) is 25.6 Å². The lowest BCUT2D eigenvalue weighted by Gasteiger charge is -2.11. The fourth-order valence-corrected chi connectivity index (χ4v) is 2.26. The van der Waals surface area contributed by atoms with Crippen LogP contribution in [0.4, 0.5) is 0 Å². The maximum Gasteiger partial charge on any atom is 0.233 e. The Morgan fingerprint density at radius 2 is 2.00 bits per heavy atom. The molecule has 0 atom stereocenters. The molecule has 0 aromatic heterocycles. The molecule has 0 aliphatic heterocycles. The molecule has 0 saturated heterocycles. The Morgan fingerprint density at radius 3 is 2.61 bits per heavy atom. The number of nitriles is 1. The van der Waals surface area contributed by atoms with E-state index in [1.807, 2.05) is 6.07 Å². The predicted octanol–water partition coefficient (Wildman–Crippen LogP) is 0.773. The second-order valence-electron chi connectivity index (χ2n) is 4.51. The summed E-state index contributed by atoms with van der Waals surface area (Å²) in [7, 11) is 0. The van der Waals surface area contributed by atoms with Crippen LogP contribution in [0, 0.1) is 11.3 Å². The van der Waals surface area contributed by atoms with E-state index >= 15 is 0 Å². The molecule has 1 aromatic rings. The van der Waals surface area contributed by atoms with Gasteiger partial charge < -0.3 is 10.6 Å². The highest BCUT2D eigenvalue weighted by Gasteiger charge is 2.20. The zero-order chi connectivity index (χ0) is 12.8. The van der Waals surface area contributed by atoms with Crippen LogP contribution >= 0.6 is 0 Å². The van der Waals surface area contributed by atoms with Crippen LogP contribution in [0.15, 0.2) is 24.3 Å². The molecular weight excluding hydrogens is 226 g/mol. The van der Waals surface area contributed by atoms with Crippen LogP contribution in [0.5, 0.6) is 0 Å². The number of amides is 1. The van der Waals surface area contributed by atoms with Crippen molar-refractivity contribution in [3.05, 3.63) is 35.4 Å². The summed E-state index contributed by atoms with van der Waals surface area (Å²) in [5.41, 5.74) is 2.75. The lowest BCUT2D eigenvalue weighted by Crippen LogP contribution is -2.39. The molecule has 1 amide bonds. The molecule has 0 bridgehead atoms. The zero-order valence-electron chi connectivity index (χ0n) is 10.3. The monoisotopic (exact) mass is 243 g/mol. The summed E-state index contributed by atoms with van der Waals surface area (Å²) in [5.74, 6) is -0.0405. The molecule has 0 radical (unpaired) electrons. The first-order valence-corrected chi connectivity index (χ1v) is 6.23. The van der Waals surface area contributed by atoms with E-state index in [1.165, 1.54) is 11.1 Å². The molecular formula is C14H17N3O. The van der Waals surface area contributed by atoms with E-state index in [4.69, 9.17) is 5.26 Å². The largest absolute Gasteiger partial charge is 0.354 e. The minimum atomic E-state index is -0.0405. The first kappa shape index (κ1) is 12.6. The average molecular weight is 243 g/mol. The molecule has 0 fully saturated rings. The zero-order valence-corrected chi connectivity index (χ0v) is 10.3. The number of hydrogen-bond acceptors (Lipinski definition) is 3. The van der Waals surface area contributed by atoms with E-state index in [0.717, 1.165) is 12.8 Å². The summed E-state index contributed by atoms with van der Waals surface area (Å²) in [6.07, 6.45) is 2.34. The fraction of sp³-hybridized carbons (Fsp3) is 0.429. The number of carbonyl (C=O) groups is 1. The summed E-state index contributed by atoms with van der Waals surface area (Å²) in [6.45, 7) is 0.756. The van der Waals surface area contributed by atoms with Crippen molar-refractivity contribution in [3.63, 3.8) is 0 Å². The quantitative estimate of drug-likeness (QED) is 0.751.